The Morgan fingerprint density at radius 3 is 2.41 bits per heavy atom. The molecule has 0 saturated carbocycles. The summed E-state index contributed by atoms with van der Waals surface area (Å²) in [5.74, 6) is 0.954. The molecule has 0 unspecified atom stereocenters. The van der Waals surface area contributed by atoms with Crippen molar-refractivity contribution in [3.8, 4) is 5.75 Å². The van der Waals surface area contributed by atoms with Gasteiger partial charge in [-0.25, -0.2) is 0 Å². The quantitative estimate of drug-likeness (QED) is 0.373. The molecule has 4 heteroatoms. The molecule has 3 nitrogen and oxygen atoms in total. The van der Waals surface area contributed by atoms with Crippen LogP contribution in [-0.4, -0.2) is 44.2 Å². The molecule has 32 heavy (non-hydrogen) atoms. The topological polar surface area (TPSA) is 15.7 Å². The molecule has 3 aromatic carbocycles. The van der Waals surface area contributed by atoms with Gasteiger partial charge in [-0.3, -0.25) is 4.90 Å². The second-order valence-electron chi connectivity index (χ2n) is 8.55. The summed E-state index contributed by atoms with van der Waals surface area (Å²) < 4.78 is 5.96. The number of ether oxygens (including phenoxy) is 1. The minimum Gasteiger partial charge on any atom is -0.494 e. The van der Waals surface area contributed by atoms with Gasteiger partial charge in [-0.2, -0.15) is 0 Å². The number of rotatable bonds is 9. The van der Waals surface area contributed by atoms with Crippen molar-refractivity contribution in [2.45, 2.75) is 26.2 Å². The van der Waals surface area contributed by atoms with E-state index in [1.807, 2.05) is 18.2 Å². The van der Waals surface area contributed by atoms with Gasteiger partial charge >= 0.3 is 0 Å². The summed E-state index contributed by atoms with van der Waals surface area (Å²) in [6.07, 6.45) is 3.14. The van der Waals surface area contributed by atoms with Gasteiger partial charge in [0.1, 0.15) is 5.75 Å². The highest BCUT2D eigenvalue weighted by Crippen LogP contribution is 2.26. The number of piperazine rings is 1. The molecule has 1 aliphatic rings. The van der Waals surface area contributed by atoms with E-state index in [1.165, 1.54) is 16.7 Å². The number of hydrogen-bond acceptors (Lipinski definition) is 3. The number of para-hydroxylation sites is 1. The number of nitrogens with zero attached hydrogens (tertiary/aromatic N) is 2. The number of aryl methyl sites for hydroxylation is 1. The fourth-order valence-electron chi connectivity index (χ4n) is 4.12. The van der Waals surface area contributed by atoms with Gasteiger partial charge in [0.25, 0.3) is 0 Å². The third-order valence-electron chi connectivity index (χ3n) is 6.05. The summed E-state index contributed by atoms with van der Waals surface area (Å²) in [7, 11) is 0. The van der Waals surface area contributed by atoms with Gasteiger partial charge in [0.2, 0.25) is 0 Å². The van der Waals surface area contributed by atoms with E-state index in [0.717, 1.165) is 75.1 Å². The van der Waals surface area contributed by atoms with E-state index in [2.05, 4.69) is 71.3 Å². The summed E-state index contributed by atoms with van der Waals surface area (Å²) in [4.78, 5) is 4.94. The lowest BCUT2D eigenvalue weighted by Crippen LogP contribution is -2.46. The average Bonchev–Trinajstić information content (AvgIpc) is 2.82. The highest BCUT2D eigenvalue weighted by molar-refractivity contribution is 6.33. The Bertz CT molecular complexity index is 963. The van der Waals surface area contributed by atoms with Crippen molar-refractivity contribution in [2.24, 2.45) is 0 Å². The van der Waals surface area contributed by atoms with Crippen LogP contribution in [0.2, 0.25) is 5.02 Å². The van der Waals surface area contributed by atoms with Gasteiger partial charge in [-0.1, -0.05) is 59.6 Å². The van der Waals surface area contributed by atoms with E-state index in [-0.39, 0.29) is 0 Å². The zero-order valence-electron chi connectivity index (χ0n) is 18.9. The zero-order chi connectivity index (χ0) is 22.2. The van der Waals surface area contributed by atoms with E-state index < -0.39 is 0 Å². The molecule has 1 saturated heterocycles. The van der Waals surface area contributed by atoms with Crippen molar-refractivity contribution >= 4 is 17.3 Å². The summed E-state index contributed by atoms with van der Waals surface area (Å²) >= 11 is 6.34. The predicted molar refractivity (Wildman–Crippen MR) is 134 cm³/mol. The van der Waals surface area contributed by atoms with Gasteiger partial charge in [0.15, 0.2) is 0 Å². The first-order valence-electron chi connectivity index (χ1n) is 11.6. The van der Waals surface area contributed by atoms with Crippen LogP contribution in [0.15, 0.2) is 66.7 Å². The fourth-order valence-corrected chi connectivity index (χ4v) is 4.37. The molecule has 0 atom stereocenters. The maximum atomic E-state index is 6.34. The molecule has 167 valence electrons. The average molecular weight is 448 g/mol. The van der Waals surface area contributed by atoms with Crippen molar-refractivity contribution in [1.29, 1.82) is 0 Å². The molecule has 0 aliphatic carbocycles. The number of unbranched alkanes of at least 4 members (excludes halogenated alkanes) is 1. The maximum Gasteiger partial charge on any atom is 0.119 e. The lowest BCUT2D eigenvalue weighted by molar-refractivity contribution is 0.238. The highest BCUT2D eigenvalue weighted by Gasteiger charge is 2.18. The van der Waals surface area contributed by atoms with Crippen LogP contribution in [0.5, 0.6) is 5.75 Å². The standard InChI is InChI=1S/C28H32ClN2O/c1-23-8-10-24(11-9-23)22-25-12-14-26(15-13-25)32-21-5-4-16-30-17-19-31(20-18-30)28-7-3-2-6-27(28)29/h2-3,6-10,12-15H,4-5,16-22H2,1H3. The van der Waals surface area contributed by atoms with Crippen molar-refractivity contribution in [1.82, 2.24) is 4.90 Å². The molecule has 1 radical (unpaired) electrons. The fraction of sp³-hybridized carbons (Fsp3) is 0.357. The number of anilines is 1. The van der Waals surface area contributed by atoms with Crippen LogP contribution in [0.1, 0.15) is 29.5 Å². The first kappa shape index (κ1) is 22.7. The van der Waals surface area contributed by atoms with E-state index in [9.17, 15) is 0 Å². The smallest absolute Gasteiger partial charge is 0.119 e. The third-order valence-corrected chi connectivity index (χ3v) is 6.37. The van der Waals surface area contributed by atoms with Gasteiger partial charge in [0, 0.05) is 26.2 Å². The molecule has 0 N–H and O–H groups in total. The Labute approximate surface area is 197 Å². The molecule has 0 aromatic heterocycles. The summed E-state index contributed by atoms with van der Waals surface area (Å²) in [6, 6.07) is 26.3. The predicted octanol–water partition coefficient (Wildman–Crippen LogP) is 6.02. The summed E-state index contributed by atoms with van der Waals surface area (Å²) in [6.45, 7) is 8.24. The summed E-state index contributed by atoms with van der Waals surface area (Å²) in [5.41, 5.74) is 4.91. The van der Waals surface area contributed by atoms with E-state index in [1.54, 1.807) is 0 Å². The Balaban J connectivity index is 1.11. The minimum absolute atomic E-state index is 0.769. The van der Waals surface area contributed by atoms with Crippen LogP contribution < -0.4 is 9.64 Å². The number of benzene rings is 3. The SMILES string of the molecule is Cc1c[c]c(Cc2ccc(OCCCCN3CCN(c4ccccc4Cl)CC3)cc2)cc1. The monoisotopic (exact) mass is 447 g/mol. The Morgan fingerprint density at radius 2 is 1.69 bits per heavy atom. The van der Waals surface area contributed by atoms with E-state index in [4.69, 9.17) is 16.3 Å². The maximum absolute atomic E-state index is 6.34. The Hall–Kier alpha value is -2.49. The Morgan fingerprint density at radius 1 is 0.906 bits per heavy atom. The van der Waals surface area contributed by atoms with Gasteiger partial charge in [-0.05, 0) is 74.2 Å². The van der Waals surface area contributed by atoms with Crippen molar-refractivity contribution in [3.63, 3.8) is 0 Å². The van der Waals surface area contributed by atoms with Crippen molar-refractivity contribution in [2.75, 3.05) is 44.2 Å². The molecule has 1 heterocycles. The first-order chi connectivity index (χ1) is 15.7. The van der Waals surface area contributed by atoms with E-state index >= 15 is 0 Å². The molecule has 1 aliphatic heterocycles. The van der Waals surface area contributed by atoms with Gasteiger partial charge in [-0.15, -0.1) is 0 Å². The first-order valence-corrected chi connectivity index (χ1v) is 12.0. The van der Waals surface area contributed by atoms with Crippen LogP contribution >= 0.6 is 11.6 Å². The molecule has 0 spiro atoms. The van der Waals surface area contributed by atoms with Gasteiger partial charge in [0.05, 0.1) is 17.3 Å². The second-order valence-corrected chi connectivity index (χ2v) is 8.95. The highest BCUT2D eigenvalue weighted by atomic mass is 35.5. The van der Waals surface area contributed by atoms with Crippen LogP contribution in [0.25, 0.3) is 0 Å². The molecule has 0 amide bonds. The minimum atomic E-state index is 0.769. The molecular weight excluding hydrogens is 416 g/mol. The number of hydrogen-bond donors (Lipinski definition) is 0. The lowest BCUT2D eigenvalue weighted by Gasteiger charge is -2.36. The molecule has 0 bridgehead atoms. The van der Waals surface area contributed by atoms with Crippen LogP contribution in [-0.2, 0) is 6.42 Å². The Kier molecular flexibility index (Phi) is 8.08. The van der Waals surface area contributed by atoms with Crippen LogP contribution in [0.3, 0.4) is 0 Å². The number of halogens is 1. The largest absolute Gasteiger partial charge is 0.494 e. The third kappa shape index (κ3) is 6.51. The normalized spacial score (nSPS) is 14.5. The van der Waals surface area contributed by atoms with Crippen LogP contribution in [0, 0.1) is 13.0 Å². The van der Waals surface area contributed by atoms with Crippen molar-refractivity contribution in [3.05, 3.63) is 94.5 Å². The van der Waals surface area contributed by atoms with E-state index in [0.29, 0.717) is 0 Å². The molecule has 1 fully saturated rings. The van der Waals surface area contributed by atoms with Crippen molar-refractivity contribution < 1.29 is 4.74 Å². The lowest BCUT2D eigenvalue weighted by atomic mass is 10.0. The molecular formula is C28H32ClN2O. The van der Waals surface area contributed by atoms with Crippen LogP contribution in [0.4, 0.5) is 5.69 Å². The summed E-state index contributed by atoms with van der Waals surface area (Å²) in [5, 5.41) is 0.847. The van der Waals surface area contributed by atoms with Gasteiger partial charge < -0.3 is 9.64 Å². The second kappa shape index (κ2) is 11.4. The molecule has 4 rings (SSSR count). The zero-order valence-corrected chi connectivity index (χ0v) is 19.7. The molecule has 3 aromatic rings.